The van der Waals surface area contributed by atoms with E-state index in [2.05, 4.69) is 27.1 Å². The number of thiophene rings is 1. The maximum absolute atomic E-state index is 10.1. The highest BCUT2D eigenvalue weighted by atomic mass is 127. The maximum atomic E-state index is 10.1. The first kappa shape index (κ1) is 8.39. The molecule has 0 bridgehead atoms. The number of hydrogen-bond donors (Lipinski definition) is 1. The van der Waals surface area contributed by atoms with E-state index in [1.807, 2.05) is 0 Å². The summed E-state index contributed by atoms with van der Waals surface area (Å²) in [7, 11) is -2.51. The summed E-state index contributed by atoms with van der Waals surface area (Å²) in [4.78, 5) is 8.30. The van der Waals surface area contributed by atoms with Crippen LogP contribution in [0.5, 0.6) is 5.75 Å². The van der Waals surface area contributed by atoms with Crippen molar-refractivity contribution in [3.8, 4) is 5.75 Å². The zero-order valence-electron chi connectivity index (χ0n) is 4.65. The summed E-state index contributed by atoms with van der Waals surface area (Å²) in [6, 6.07) is 1.70. The summed E-state index contributed by atoms with van der Waals surface area (Å²) in [6.07, 6.45) is 0. The van der Waals surface area contributed by atoms with Gasteiger partial charge in [0.1, 0.15) is 0 Å². The fraction of sp³-hybridized carbons (Fsp3) is 0. The Balaban J connectivity index is 2.67. The summed E-state index contributed by atoms with van der Waals surface area (Å²) >= 11 is 3.58. The van der Waals surface area contributed by atoms with Gasteiger partial charge in [-0.25, -0.2) is 4.52 Å². The molecule has 0 fully saturated rings. The Labute approximate surface area is 76.1 Å². The van der Waals surface area contributed by atoms with Crippen molar-refractivity contribution < 1.29 is 14.0 Å². The zero-order valence-corrected chi connectivity index (χ0v) is 8.52. The second-order valence-corrected chi connectivity index (χ2v) is 4.88. The summed E-state index contributed by atoms with van der Waals surface area (Å²) in [5, 5.41) is 1.69. The third kappa shape index (κ3) is 2.49. The molecule has 1 rings (SSSR count). The molecule has 0 aliphatic carbocycles. The van der Waals surface area contributed by atoms with Crippen LogP contribution in [0.2, 0.25) is 0 Å². The lowest BCUT2D eigenvalue weighted by Crippen LogP contribution is -1.73. The van der Waals surface area contributed by atoms with Crippen LogP contribution in [0.3, 0.4) is 0 Å². The Morgan fingerprint density at radius 1 is 1.80 bits per heavy atom. The number of rotatable bonds is 2. The van der Waals surface area contributed by atoms with Crippen LogP contribution in [0, 0.1) is 2.88 Å². The van der Waals surface area contributed by atoms with E-state index in [0.717, 1.165) is 2.88 Å². The standard InChI is InChI=1S/C4H2IO3PS/c5-4-1-3(2-10-4)8-9(6)7/h1-2H/p+1. The third-order valence-corrected chi connectivity index (χ3v) is 2.86. The van der Waals surface area contributed by atoms with E-state index in [4.69, 9.17) is 4.89 Å². The van der Waals surface area contributed by atoms with Crippen LogP contribution >= 0.6 is 42.2 Å². The van der Waals surface area contributed by atoms with Crippen LogP contribution < -0.4 is 4.52 Å². The monoisotopic (exact) mass is 289 g/mol. The molecule has 54 valence electrons. The smallest absolute Gasteiger partial charge is 0.228 e. The molecular weight excluding hydrogens is 286 g/mol. The van der Waals surface area contributed by atoms with Crippen LogP contribution in [0.1, 0.15) is 0 Å². The third-order valence-electron chi connectivity index (χ3n) is 0.727. The Morgan fingerprint density at radius 3 is 2.90 bits per heavy atom. The average Bonchev–Trinajstić information content (AvgIpc) is 2.13. The van der Waals surface area contributed by atoms with E-state index in [9.17, 15) is 4.57 Å². The van der Waals surface area contributed by atoms with Crippen molar-refractivity contribution in [2.24, 2.45) is 0 Å². The Hall–Kier alpha value is 0.290. The quantitative estimate of drug-likeness (QED) is 0.671. The first-order valence-electron chi connectivity index (χ1n) is 2.26. The van der Waals surface area contributed by atoms with Gasteiger partial charge >= 0.3 is 8.25 Å². The van der Waals surface area contributed by atoms with Gasteiger partial charge in [0.25, 0.3) is 0 Å². The van der Waals surface area contributed by atoms with Crippen LogP contribution in [0.15, 0.2) is 11.4 Å². The fourth-order valence-corrected chi connectivity index (χ4v) is 2.01. The van der Waals surface area contributed by atoms with Crippen LogP contribution in [-0.2, 0) is 4.57 Å². The van der Waals surface area contributed by atoms with Gasteiger partial charge in [0, 0.05) is 16.0 Å². The predicted octanol–water partition coefficient (Wildman–Crippen LogP) is 2.38. The van der Waals surface area contributed by atoms with Crippen molar-refractivity contribution >= 4 is 42.2 Å². The molecule has 1 heterocycles. The van der Waals surface area contributed by atoms with E-state index >= 15 is 0 Å². The Morgan fingerprint density at radius 2 is 2.50 bits per heavy atom. The number of halogens is 1. The van der Waals surface area contributed by atoms with Gasteiger partial charge in [-0.3, -0.25) is 0 Å². The molecule has 0 saturated heterocycles. The van der Waals surface area contributed by atoms with Crippen molar-refractivity contribution in [1.82, 2.24) is 0 Å². The van der Waals surface area contributed by atoms with Gasteiger partial charge in [-0.1, -0.05) is 0 Å². The summed E-state index contributed by atoms with van der Waals surface area (Å²) in [6.45, 7) is 0. The molecule has 0 spiro atoms. The molecule has 1 atom stereocenters. The van der Waals surface area contributed by atoms with Crippen molar-refractivity contribution in [3.63, 3.8) is 0 Å². The highest BCUT2D eigenvalue weighted by Gasteiger charge is 2.14. The molecule has 0 aliphatic heterocycles. The predicted molar refractivity (Wildman–Crippen MR) is 47.5 cm³/mol. The molecule has 0 amide bonds. The Bertz CT molecular complexity index is 248. The molecule has 10 heavy (non-hydrogen) atoms. The molecule has 0 aromatic carbocycles. The minimum absolute atomic E-state index is 0.456. The van der Waals surface area contributed by atoms with Gasteiger partial charge in [-0.15, -0.1) is 16.2 Å². The second kappa shape index (κ2) is 3.61. The molecule has 1 unspecified atom stereocenters. The molecule has 0 aliphatic rings. The Kier molecular flexibility index (Phi) is 3.03. The highest BCUT2D eigenvalue weighted by Crippen LogP contribution is 2.28. The molecule has 0 saturated carbocycles. The normalized spacial score (nSPS) is 11.2. The van der Waals surface area contributed by atoms with Crippen LogP contribution in [0.25, 0.3) is 0 Å². The first-order valence-corrected chi connectivity index (χ1v) is 5.35. The van der Waals surface area contributed by atoms with Crippen molar-refractivity contribution in [1.29, 1.82) is 0 Å². The van der Waals surface area contributed by atoms with E-state index in [1.165, 1.54) is 11.3 Å². The minimum Gasteiger partial charge on any atom is -0.228 e. The van der Waals surface area contributed by atoms with Crippen LogP contribution in [0.4, 0.5) is 0 Å². The first-order chi connectivity index (χ1) is 4.68. The summed E-state index contributed by atoms with van der Waals surface area (Å²) < 4.78 is 15.6. The van der Waals surface area contributed by atoms with Crippen molar-refractivity contribution in [3.05, 3.63) is 14.3 Å². The highest BCUT2D eigenvalue weighted by molar-refractivity contribution is 14.1. The summed E-state index contributed by atoms with van der Waals surface area (Å²) in [5.74, 6) is 0.456. The average molecular weight is 289 g/mol. The van der Waals surface area contributed by atoms with Gasteiger partial charge < -0.3 is 0 Å². The van der Waals surface area contributed by atoms with E-state index in [1.54, 1.807) is 11.4 Å². The van der Waals surface area contributed by atoms with Gasteiger partial charge in [0.2, 0.25) is 5.75 Å². The largest absolute Gasteiger partial charge is 0.747 e. The van der Waals surface area contributed by atoms with Gasteiger partial charge in [-0.2, -0.15) is 0 Å². The molecular formula is C4H3IO3PS+. The lowest BCUT2D eigenvalue weighted by atomic mass is 10.6. The van der Waals surface area contributed by atoms with Gasteiger partial charge in [0.15, 0.2) is 0 Å². The fourth-order valence-electron chi connectivity index (χ4n) is 0.432. The second-order valence-electron chi connectivity index (χ2n) is 1.42. The van der Waals surface area contributed by atoms with Crippen molar-refractivity contribution in [2.75, 3.05) is 0 Å². The minimum atomic E-state index is -2.51. The van der Waals surface area contributed by atoms with Gasteiger partial charge in [-0.05, 0) is 22.6 Å². The van der Waals surface area contributed by atoms with E-state index in [0.29, 0.717) is 5.75 Å². The molecule has 6 heteroatoms. The van der Waals surface area contributed by atoms with Gasteiger partial charge in [0.05, 0.1) is 2.88 Å². The molecule has 3 nitrogen and oxygen atoms in total. The topological polar surface area (TPSA) is 46.5 Å². The lowest BCUT2D eigenvalue weighted by molar-refractivity contribution is 0.411. The SMILES string of the molecule is O=[P+](O)Oc1csc(I)c1. The van der Waals surface area contributed by atoms with E-state index in [-0.39, 0.29) is 0 Å². The molecule has 0 radical (unpaired) electrons. The summed E-state index contributed by atoms with van der Waals surface area (Å²) in [5.41, 5.74) is 0. The van der Waals surface area contributed by atoms with Crippen LogP contribution in [-0.4, -0.2) is 4.89 Å². The molecule has 1 N–H and O–H groups in total. The molecule has 1 aromatic rings. The molecule has 1 aromatic heterocycles. The number of hydrogen-bond acceptors (Lipinski definition) is 3. The zero-order chi connectivity index (χ0) is 7.56. The lowest BCUT2D eigenvalue weighted by Gasteiger charge is -1.77. The van der Waals surface area contributed by atoms with E-state index < -0.39 is 8.25 Å². The maximum Gasteiger partial charge on any atom is 0.747 e. The van der Waals surface area contributed by atoms with Crippen molar-refractivity contribution in [2.45, 2.75) is 0 Å².